The lowest BCUT2D eigenvalue weighted by atomic mass is 10.0. The van der Waals surface area contributed by atoms with Gasteiger partial charge in [-0.1, -0.05) is 26.0 Å². The van der Waals surface area contributed by atoms with Gasteiger partial charge in [0, 0.05) is 7.05 Å². The van der Waals surface area contributed by atoms with E-state index in [2.05, 4.69) is 10.6 Å². The monoisotopic (exact) mass is 263 g/mol. The number of nitrogens with one attached hydrogen (secondary N) is 2. The lowest BCUT2D eigenvalue weighted by Gasteiger charge is -2.15. The summed E-state index contributed by atoms with van der Waals surface area (Å²) in [6, 6.07) is 6.27. The molecule has 0 heterocycles. The Labute approximate surface area is 113 Å². The van der Waals surface area contributed by atoms with E-state index in [-0.39, 0.29) is 11.8 Å². The van der Waals surface area contributed by atoms with Gasteiger partial charge in [0.15, 0.2) is 0 Å². The van der Waals surface area contributed by atoms with Crippen molar-refractivity contribution in [3.8, 4) is 0 Å². The molecule has 4 N–H and O–H groups in total. The molecule has 104 valence electrons. The van der Waals surface area contributed by atoms with Crippen molar-refractivity contribution in [2.45, 2.75) is 26.3 Å². The molecule has 1 rings (SSSR count). The first kappa shape index (κ1) is 15.2. The number of amides is 2. The number of anilines is 1. The van der Waals surface area contributed by atoms with Gasteiger partial charge in [-0.05, 0) is 24.5 Å². The Hall–Kier alpha value is -1.88. The van der Waals surface area contributed by atoms with E-state index in [1.807, 2.05) is 13.8 Å². The fourth-order valence-corrected chi connectivity index (χ4v) is 1.77. The van der Waals surface area contributed by atoms with Gasteiger partial charge in [-0.25, -0.2) is 0 Å². The molecule has 5 nitrogen and oxygen atoms in total. The minimum Gasteiger partial charge on any atom is -0.355 e. The fraction of sp³-hybridized carbons (Fsp3) is 0.429. The van der Waals surface area contributed by atoms with Crippen LogP contribution in [0.4, 0.5) is 5.69 Å². The van der Waals surface area contributed by atoms with Crippen molar-refractivity contribution >= 4 is 17.5 Å². The minimum absolute atomic E-state index is 0.242. The van der Waals surface area contributed by atoms with E-state index in [1.54, 1.807) is 31.3 Å². The summed E-state index contributed by atoms with van der Waals surface area (Å²) in [5.74, 6) is -0.173. The first-order valence-corrected chi connectivity index (χ1v) is 6.33. The third-order valence-corrected chi connectivity index (χ3v) is 2.72. The second-order valence-corrected chi connectivity index (χ2v) is 4.85. The topological polar surface area (TPSA) is 84.2 Å². The highest BCUT2D eigenvalue weighted by Gasteiger charge is 2.17. The van der Waals surface area contributed by atoms with Gasteiger partial charge in [-0.2, -0.15) is 0 Å². The number of para-hydroxylation sites is 1. The largest absolute Gasteiger partial charge is 0.355 e. The van der Waals surface area contributed by atoms with Crippen LogP contribution in [0, 0.1) is 5.92 Å². The summed E-state index contributed by atoms with van der Waals surface area (Å²) in [5.41, 5.74) is 6.72. The summed E-state index contributed by atoms with van der Waals surface area (Å²) in [5, 5.41) is 5.24. The van der Waals surface area contributed by atoms with Crippen molar-refractivity contribution in [1.82, 2.24) is 5.32 Å². The molecule has 0 aliphatic heterocycles. The average molecular weight is 263 g/mol. The minimum atomic E-state index is -0.572. The van der Waals surface area contributed by atoms with Crippen LogP contribution in [0.25, 0.3) is 0 Å². The zero-order valence-corrected chi connectivity index (χ0v) is 11.6. The Balaban J connectivity index is 2.82. The summed E-state index contributed by atoms with van der Waals surface area (Å²) in [4.78, 5) is 23.6. The Bertz CT molecular complexity index is 458. The summed E-state index contributed by atoms with van der Waals surface area (Å²) < 4.78 is 0. The second-order valence-electron chi connectivity index (χ2n) is 4.85. The molecule has 0 bridgehead atoms. The van der Waals surface area contributed by atoms with Gasteiger partial charge in [0.2, 0.25) is 5.91 Å². The van der Waals surface area contributed by atoms with E-state index in [0.717, 1.165) is 0 Å². The maximum Gasteiger partial charge on any atom is 0.253 e. The van der Waals surface area contributed by atoms with Crippen molar-refractivity contribution in [2.24, 2.45) is 11.7 Å². The number of hydrogen-bond acceptors (Lipinski definition) is 3. The SMILES string of the molecule is CNC(=O)c1ccccc1NC(=O)[C@H](N)CC(C)C. The highest BCUT2D eigenvalue weighted by atomic mass is 16.2. The van der Waals surface area contributed by atoms with Crippen LogP contribution < -0.4 is 16.4 Å². The molecule has 0 unspecified atom stereocenters. The van der Waals surface area contributed by atoms with E-state index < -0.39 is 6.04 Å². The van der Waals surface area contributed by atoms with Gasteiger partial charge >= 0.3 is 0 Å². The molecule has 0 saturated carbocycles. The number of carbonyl (C=O) groups is 2. The molecule has 0 fully saturated rings. The zero-order valence-electron chi connectivity index (χ0n) is 11.6. The summed E-state index contributed by atoms with van der Waals surface area (Å²) in [6.07, 6.45) is 0.605. The number of rotatable bonds is 5. The second kappa shape index (κ2) is 6.89. The summed E-state index contributed by atoms with van der Waals surface area (Å²) in [6.45, 7) is 4.01. The molecule has 1 aromatic carbocycles. The summed E-state index contributed by atoms with van der Waals surface area (Å²) in [7, 11) is 1.55. The van der Waals surface area contributed by atoms with Gasteiger partial charge in [0.05, 0.1) is 17.3 Å². The van der Waals surface area contributed by atoms with Crippen LogP contribution in [0.5, 0.6) is 0 Å². The van der Waals surface area contributed by atoms with Crippen LogP contribution in [0.15, 0.2) is 24.3 Å². The van der Waals surface area contributed by atoms with Crippen molar-refractivity contribution in [3.63, 3.8) is 0 Å². The van der Waals surface area contributed by atoms with Gasteiger partial charge in [0.1, 0.15) is 0 Å². The number of carbonyl (C=O) groups excluding carboxylic acids is 2. The van der Waals surface area contributed by atoms with Crippen LogP contribution in [-0.4, -0.2) is 24.9 Å². The van der Waals surface area contributed by atoms with Crippen LogP contribution >= 0.6 is 0 Å². The molecule has 5 heteroatoms. The molecule has 0 radical (unpaired) electrons. The highest BCUT2D eigenvalue weighted by Crippen LogP contribution is 2.15. The molecule has 0 saturated heterocycles. The predicted molar refractivity (Wildman–Crippen MR) is 75.9 cm³/mol. The van der Waals surface area contributed by atoms with E-state index in [4.69, 9.17) is 5.73 Å². The molecule has 0 aliphatic carbocycles. The highest BCUT2D eigenvalue weighted by molar-refractivity contribution is 6.04. The lowest BCUT2D eigenvalue weighted by molar-refractivity contribution is -0.117. The van der Waals surface area contributed by atoms with Crippen molar-refractivity contribution < 1.29 is 9.59 Å². The Morgan fingerprint density at radius 1 is 1.26 bits per heavy atom. The summed E-state index contributed by atoms with van der Waals surface area (Å²) >= 11 is 0. The van der Waals surface area contributed by atoms with Gasteiger partial charge < -0.3 is 16.4 Å². The molecule has 1 aromatic rings. The fourth-order valence-electron chi connectivity index (χ4n) is 1.77. The van der Waals surface area contributed by atoms with Gasteiger partial charge in [-0.15, -0.1) is 0 Å². The number of nitrogens with two attached hydrogens (primary N) is 1. The number of hydrogen-bond donors (Lipinski definition) is 3. The third kappa shape index (κ3) is 4.37. The zero-order chi connectivity index (χ0) is 14.4. The molecule has 0 aliphatic rings. The standard InChI is InChI=1S/C14H21N3O2/c1-9(2)8-11(15)14(19)17-12-7-5-4-6-10(12)13(18)16-3/h4-7,9,11H,8,15H2,1-3H3,(H,16,18)(H,17,19)/t11-/m1/s1. The van der Waals surface area contributed by atoms with E-state index >= 15 is 0 Å². The smallest absolute Gasteiger partial charge is 0.253 e. The first-order valence-electron chi connectivity index (χ1n) is 6.33. The molecular formula is C14H21N3O2. The Kier molecular flexibility index (Phi) is 5.51. The van der Waals surface area contributed by atoms with Gasteiger partial charge in [-0.3, -0.25) is 9.59 Å². The lowest BCUT2D eigenvalue weighted by Crippen LogP contribution is -2.37. The van der Waals surface area contributed by atoms with Crippen molar-refractivity contribution in [2.75, 3.05) is 12.4 Å². The quantitative estimate of drug-likeness (QED) is 0.750. The van der Waals surface area contributed by atoms with Crippen LogP contribution in [0.2, 0.25) is 0 Å². The van der Waals surface area contributed by atoms with E-state index in [0.29, 0.717) is 23.6 Å². The molecule has 0 spiro atoms. The third-order valence-electron chi connectivity index (χ3n) is 2.72. The molecule has 0 aromatic heterocycles. The molecule has 1 atom stereocenters. The van der Waals surface area contributed by atoms with Gasteiger partial charge in [0.25, 0.3) is 5.91 Å². The average Bonchev–Trinajstić information content (AvgIpc) is 2.37. The maximum absolute atomic E-state index is 11.9. The van der Waals surface area contributed by atoms with Crippen LogP contribution in [0.1, 0.15) is 30.6 Å². The Morgan fingerprint density at radius 3 is 2.47 bits per heavy atom. The maximum atomic E-state index is 11.9. The van der Waals surface area contributed by atoms with Crippen LogP contribution in [-0.2, 0) is 4.79 Å². The first-order chi connectivity index (χ1) is 8.95. The van der Waals surface area contributed by atoms with E-state index in [9.17, 15) is 9.59 Å². The van der Waals surface area contributed by atoms with E-state index in [1.165, 1.54) is 0 Å². The van der Waals surface area contributed by atoms with Crippen LogP contribution in [0.3, 0.4) is 0 Å². The van der Waals surface area contributed by atoms with Crippen molar-refractivity contribution in [1.29, 1.82) is 0 Å². The predicted octanol–water partition coefficient (Wildman–Crippen LogP) is 1.36. The Morgan fingerprint density at radius 2 is 1.89 bits per heavy atom. The molecular weight excluding hydrogens is 242 g/mol. The normalized spacial score (nSPS) is 12.1. The number of benzene rings is 1. The molecule has 19 heavy (non-hydrogen) atoms. The van der Waals surface area contributed by atoms with Crippen molar-refractivity contribution in [3.05, 3.63) is 29.8 Å². The molecule has 2 amide bonds.